The summed E-state index contributed by atoms with van der Waals surface area (Å²) >= 11 is 0. The largest absolute Gasteiger partial charge is 0.394 e. The van der Waals surface area contributed by atoms with Crippen molar-refractivity contribution in [1.29, 1.82) is 0 Å². The highest BCUT2D eigenvalue weighted by Crippen LogP contribution is 2.04. The van der Waals surface area contributed by atoms with Gasteiger partial charge in [-0.25, -0.2) is 0 Å². The standard InChI is InChI=1S/C11H16N2O/c1-3-9-5-7-10(8-6-9)11(12)13-14-4-2/h5-8H,3-4H2,1-2H3,(H2,12,13). The maximum atomic E-state index is 5.70. The van der Waals surface area contributed by atoms with Crippen LogP contribution < -0.4 is 5.73 Å². The van der Waals surface area contributed by atoms with Crippen LogP contribution in [0.4, 0.5) is 0 Å². The molecular formula is C11H16N2O. The molecular weight excluding hydrogens is 176 g/mol. The molecule has 0 aromatic heterocycles. The summed E-state index contributed by atoms with van der Waals surface area (Å²) in [4.78, 5) is 4.87. The van der Waals surface area contributed by atoms with Crippen molar-refractivity contribution in [1.82, 2.24) is 0 Å². The van der Waals surface area contributed by atoms with Crippen molar-refractivity contribution in [3.05, 3.63) is 35.4 Å². The molecule has 0 aliphatic heterocycles. The number of hydrogen-bond acceptors (Lipinski definition) is 2. The summed E-state index contributed by atoms with van der Waals surface area (Å²) in [5, 5.41) is 3.76. The third kappa shape index (κ3) is 2.76. The van der Waals surface area contributed by atoms with Crippen molar-refractivity contribution in [2.45, 2.75) is 20.3 Å². The zero-order valence-corrected chi connectivity index (χ0v) is 8.66. The zero-order chi connectivity index (χ0) is 10.4. The molecule has 0 atom stereocenters. The predicted molar refractivity (Wildman–Crippen MR) is 58.2 cm³/mol. The molecule has 0 aliphatic carbocycles. The third-order valence-corrected chi connectivity index (χ3v) is 1.95. The van der Waals surface area contributed by atoms with Crippen molar-refractivity contribution in [3.63, 3.8) is 0 Å². The van der Waals surface area contributed by atoms with Crippen LogP contribution in [0.2, 0.25) is 0 Å². The summed E-state index contributed by atoms with van der Waals surface area (Å²) in [6.07, 6.45) is 1.03. The van der Waals surface area contributed by atoms with E-state index in [-0.39, 0.29) is 0 Å². The van der Waals surface area contributed by atoms with Crippen LogP contribution in [0, 0.1) is 0 Å². The molecule has 0 spiro atoms. The number of hydrogen-bond donors (Lipinski definition) is 1. The molecule has 0 aliphatic rings. The summed E-state index contributed by atoms with van der Waals surface area (Å²) in [5.41, 5.74) is 7.89. The quantitative estimate of drug-likeness (QED) is 0.450. The van der Waals surface area contributed by atoms with E-state index in [1.807, 2.05) is 31.2 Å². The van der Waals surface area contributed by atoms with E-state index in [9.17, 15) is 0 Å². The van der Waals surface area contributed by atoms with Gasteiger partial charge < -0.3 is 10.6 Å². The summed E-state index contributed by atoms with van der Waals surface area (Å²) < 4.78 is 0. The van der Waals surface area contributed by atoms with Crippen LogP contribution in [0.3, 0.4) is 0 Å². The molecule has 0 bridgehead atoms. The summed E-state index contributed by atoms with van der Waals surface area (Å²) in [7, 11) is 0. The Hall–Kier alpha value is -1.51. The number of benzene rings is 1. The van der Waals surface area contributed by atoms with Gasteiger partial charge in [0.2, 0.25) is 0 Å². The van der Waals surface area contributed by atoms with Gasteiger partial charge in [-0.05, 0) is 18.9 Å². The van der Waals surface area contributed by atoms with Gasteiger partial charge in [0, 0.05) is 5.56 Å². The van der Waals surface area contributed by atoms with Gasteiger partial charge in [-0.2, -0.15) is 0 Å². The highest BCUT2D eigenvalue weighted by atomic mass is 16.6. The summed E-state index contributed by atoms with van der Waals surface area (Å²) in [5.74, 6) is 0.425. The molecule has 0 heterocycles. The van der Waals surface area contributed by atoms with E-state index in [0.717, 1.165) is 12.0 Å². The molecule has 1 rings (SSSR count). The highest BCUT2D eigenvalue weighted by Gasteiger charge is 1.98. The molecule has 3 heteroatoms. The molecule has 2 N–H and O–H groups in total. The lowest BCUT2D eigenvalue weighted by Gasteiger charge is -2.01. The van der Waals surface area contributed by atoms with Crippen molar-refractivity contribution < 1.29 is 4.84 Å². The van der Waals surface area contributed by atoms with Crippen molar-refractivity contribution in [3.8, 4) is 0 Å². The molecule has 0 amide bonds. The van der Waals surface area contributed by atoms with Crippen LogP contribution in [0.5, 0.6) is 0 Å². The Bertz CT molecular complexity index is 304. The Morgan fingerprint density at radius 3 is 2.43 bits per heavy atom. The first-order valence-electron chi connectivity index (χ1n) is 4.82. The minimum absolute atomic E-state index is 0.425. The molecule has 0 saturated heterocycles. The van der Waals surface area contributed by atoms with Gasteiger partial charge >= 0.3 is 0 Å². The van der Waals surface area contributed by atoms with Gasteiger partial charge in [0.1, 0.15) is 6.61 Å². The van der Waals surface area contributed by atoms with Gasteiger partial charge in [-0.15, -0.1) is 0 Å². The van der Waals surface area contributed by atoms with Crippen LogP contribution in [-0.2, 0) is 11.3 Å². The van der Waals surface area contributed by atoms with Crippen LogP contribution in [0.25, 0.3) is 0 Å². The Kier molecular flexibility index (Phi) is 3.98. The second kappa shape index (κ2) is 5.27. The minimum atomic E-state index is 0.425. The van der Waals surface area contributed by atoms with Gasteiger partial charge in [-0.3, -0.25) is 0 Å². The van der Waals surface area contributed by atoms with E-state index in [2.05, 4.69) is 12.1 Å². The lowest BCUT2D eigenvalue weighted by atomic mass is 10.1. The Morgan fingerprint density at radius 1 is 1.29 bits per heavy atom. The maximum absolute atomic E-state index is 5.70. The third-order valence-electron chi connectivity index (χ3n) is 1.95. The lowest BCUT2D eigenvalue weighted by molar-refractivity contribution is 0.158. The monoisotopic (exact) mass is 192 g/mol. The molecule has 3 nitrogen and oxygen atoms in total. The fourth-order valence-corrected chi connectivity index (χ4v) is 1.10. The zero-order valence-electron chi connectivity index (χ0n) is 8.66. The average Bonchev–Trinajstić information content (AvgIpc) is 2.26. The molecule has 0 unspecified atom stereocenters. The second-order valence-electron chi connectivity index (χ2n) is 2.94. The number of rotatable bonds is 4. The average molecular weight is 192 g/mol. The smallest absolute Gasteiger partial charge is 0.170 e. The lowest BCUT2D eigenvalue weighted by Crippen LogP contribution is -2.13. The predicted octanol–water partition coefficient (Wildman–Crippen LogP) is 1.91. The number of amidine groups is 1. The van der Waals surface area contributed by atoms with E-state index < -0.39 is 0 Å². The van der Waals surface area contributed by atoms with E-state index in [0.29, 0.717) is 12.4 Å². The van der Waals surface area contributed by atoms with E-state index in [1.54, 1.807) is 0 Å². The number of oxime groups is 1. The number of nitrogens with zero attached hydrogens (tertiary/aromatic N) is 1. The number of nitrogens with two attached hydrogens (primary N) is 1. The summed E-state index contributed by atoms with van der Waals surface area (Å²) in [6.45, 7) is 4.53. The van der Waals surface area contributed by atoms with Gasteiger partial charge in [-0.1, -0.05) is 36.3 Å². The van der Waals surface area contributed by atoms with Crippen molar-refractivity contribution in [2.75, 3.05) is 6.61 Å². The van der Waals surface area contributed by atoms with Gasteiger partial charge in [0.15, 0.2) is 5.84 Å². The topological polar surface area (TPSA) is 47.6 Å². The first-order chi connectivity index (χ1) is 6.77. The normalized spacial score (nSPS) is 11.4. The molecule has 0 saturated carbocycles. The molecule has 0 fully saturated rings. The fraction of sp³-hybridized carbons (Fsp3) is 0.364. The molecule has 14 heavy (non-hydrogen) atoms. The highest BCUT2D eigenvalue weighted by molar-refractivity contribution is 5.97. The van der Waals surface area contributed by atoms with E-state index in [4.69, 9.17) is 10.6 Å². The minimum Gasteiger partial charge on any atom is -0.394 e. The van der Waals surface area contributed by atoms with Crippen LogP contribution in [-0.4, -0.2) is 12.4 Å². The van der Waals surface area contributed by atoms with E-state index >= 15 is 0 Å². The molecule has 1 aromatic rings. The first-order valence-corrected chi connectivity index (χ1v) is 4.82. The Balaban J connectivity index is 2.76. The fourth-order valence-electron chi connectivity index (χ4n) is 1.10. The molecule has 0 radical (unpaired) electrons. The number of aryl methyl sites for hydroxylation is 1. The second-order valence-corrected chi connectivity index (χ2v) is 2.94. The molecule has 1 aromatic carbocycles. The van der Waals surface area contributed by atoms with Crippen molar-refractivity contribution >= 4 is 5.84 Å². The maximum Gasteiger partial charge on any atom is 0.170 e. The van der Waals surface area contributed by atoms with Gasteiger partial charge in [0.05, 0.1) is 0 Å². The van der Waals surface area contributed by atoms with Crippen LogP contribution in [0.1, 0.15) is 25.0 Å². The van der Waals surface area contributed by atoms with E-state index in [1.165, 1.54) is 5.56 Å². The SMILES string of the molecule is CCO/N=C(\N)c1ccc(CC)cc1. The summed E-state index contributed by atoms with van der Waals surface area (Å²) in [6, 6.07) is 8.00. The Labute approximate surface area is 84.6 Å². The molecule has 76 valence electrons. The van der Waals surface area contributed by atoms with Crippen LogP contribution in [0.15, 0.2) is 29.4 Å². The Morgan fingerprint density at radius 2 is 1.93 bits per heavy atom. The van der Waals surface area contributed by atoms with Crippen LogP contribution >= 0.6 is 0 Å². The van der Waals surface area contributed by atoms with Crippen molar-refractivity contribution in [2.24, 2.45) is 10.9 Å². The van der Waals surface area contributed by atoms with Gasteiger partial charge in [0.25, 0.3) is 0 Å². The first kappa shape index (κ1) is 10.6.